The minimum Gasteiger partial charge on any atom is -0.329 e. The van der Waals surface area contributed by atoms with E-state index in [1.165, 1.54) is 0 Å². The highest BCUT2D eigenvalue weighted by Gasteiger charge is 2.16. The molecule has 0 atom stereocenters. The lowest BCUT2D eigenvalue weighted by Gasteiger charge is -2.07. The summed E-state index contributed by atoms with van der Waals surface area (Å²) in [6, 6.07) is 0. The van der Waals surface area contributed by atoms with Gasteiger partial charge < -0.3 is 10.3 Å². The predicted octanol–water partition coefficient (Wildman–Crippen LogP) is 2.27. The Labute approximate surface area is 134 Å². The molecular formula is C13H21ClN6S. The highest BCUT2D eigenvalue weighted by molar-refractivity contribution is 7.98. The van der Waals surface area contributed by atoms with Gasteiger partial charge in [0.25, 0.3) is 0 Å². The van der Waals surface area contributed by atoms with Crippen LogP contribution in [0.5, 0.6) is 0 Å². The van der Waals surface area contributed by atoms with E-state index >= 15 is 0 Å². The molecule has 0 saturated heterocycles. The van der Waals surface area contributed by atoms with Crippen molar-refractivity contribution in [1.29, 1.82) is 0 Å². The molecule has 0 aliphatic heterocycles. The normalized spacial score (nSPS) is 11.3. The van der Waals surface area contributed by atoms with Crippen LogP contribution in [-0.2, 0) is 25.3 Å². The molecule has 2 aromatic rings. The molecule has 2 heterocycles. The quantitative estimate of drug-likeness (QED) is 0.789. The van der Waals surface area contributed by atoms with Crippen molar-refractivity contribution in [3.8, 4) is 0 Å². The largest absolute Gasteiger partial charge is 0.329 e. The molecular weight excluding hydrogens is 308 g/mol. The van der Waals surface area contributed by atoms with Gasteiger partial charge >= 0.3 is 0 Å². The number of nitrogens with zero attached hydrogens (tertiary/aromatic N) is 5. The van der Waals surface area contributed by atoms with Crippen molar-refractivity contribution >= 4 is 23.4 Å². The van der Waals surface area contributed by atoms with Gasteiger partial charge in [0, 0.05) is 25.4 Å². The van der Waals surface area contributed by atoms with Crippen LogP contribution in [0.25, 0.3) is 0 Å². The lowest BCUT2D eigenvalue weighted by atomic mass is 10.3. The van der Waals surface area contributed by atoms with E-state index in [4.69, 9.17) is 17.3 Å². The Morgan fingerprint density at radius 2 is 2.05 bits per heavy atom. The highest BCUT2D eigenvalue weighted by Crippen LogP contribution is 2.28. The van der Waals surface area contributed by atoms with E-state index in [1.807, 2.05) is 16.2 Å². The summed E-state index contributed by atoms with van der Waals surface area (Å²) < 4.78 is 4.00. The van der Waals surface area contributed by atoms with Crippen LogP contribution in [0.2, 0.25) is 5.02 Å². The minimum absolute atomic E-state index is 0.570. The van der Waals surface area contributed by atoms with Gasteiger partial charge in [0.1, 0.15) is 5.82 Å². The van der Waals surface area contributed by atoms with Crippen LogP contribution >= 0.6 is 23.4 Å². The summed E-state index contributed by atoms with van der Waals surface area (Å²) in [5.74, 6) is 1.61. The van der Waals surface area contributed by atoms with Gasteiger partial charge in [-0.15, -0.1) is 10.2 Å². The number of thioether (sulfide) groups is 1. The van der Waals surface area contributed by atoms with Crippen molar-refractivity contribution < 1.29 is 0 Å². The molecule has 0 unspecified atom stereocenters. The topological polar surface area (TPSA) is 74.5 Å². The molecule has 0 bridgehead atoms. The molecule has 0 aliphatic rings. The molecule has 0 fully saturated rings. The second-order valence-corrected chi connectivity index (χ2v) is 5.96. The molecule has 6 nitrogen and oxygen atoms in total. The van der Waals surface area contributed by atoms with Crippen LogP contribution in [0.3, 0.4) is 0 Å². The molecule has 0 aliphatic carbocycles. The maximum atomic E-state index is 6.42. The van der Waals surface area contributed by atoms with Gasteiger partial charge in [-0.2, -0.15) is 5.10 Å². The first kappa shape index (κ1) is 16.3. The van der Waals surface area contributed by atoms with Gasteiger partial charge in [-0.05, 0) is 20.3 Å². The van der Waals surface area contributed by atoms with Crippen LogP contribution in [0.1, 0.15) is 31.1 Å². The molecule has 0 spiro atoms. The predicted molar refractivity (Wildman–Crippen MR) is 85.7 cm³/mol. The number of halogens is 1. The zero-order valence-corrected chi connectivity index (χ0v) is 14.2. The van der Waals surface area contributed by atoms with Crippen molar-refractivity contribution in [1.82, 2.24) is 24.5 Å². The monoisotopic (exact) mass is 328 g/mol. The summed E-state index contributed by atoms with van der Waals surface area (Å²) in [6.45, 7) is 8.17. The Kier molecular flexibility index (Phi) is 5.66. The third kappa shape index (κ3) is 3.41. The van der Waals surface area contributed by atoms with Gasteiger partial charge in [-0.3, -0.25) is 4.68 Å². The molecule has 2 rings (SSSR count). The Bertz CT molecular complexity index is 606. The molecule has 2 aromatic heterocycles. The molecule has 0 radical (unpaired) electrons. The second kappa shape index (κ2) is 7.29. The van der Waals surface area contributed by atoms with E-state index in [9.17, 15) is 0 Å². The zero-order chi connectivity index (χ0) is 15.4. The first-order valence-electron chi connectivity index (χ1n) is 7.09. The number of hydrogen-bond donors (Lipinski definition) is 1. The lowest BCUT2D eigenvalue weighted by Crippen LogP contribution is -2.12. The van der Waals surface area contributed by atoms with Gasteiger partial charge in [0.15, 0.2) is 5.16 Å². The van der Waals surface area contributed by atoms with Crippen LogP contribution in [-0.4, -0.2) is 31.1 Å². The molecule has 0 aromatic carbocycles. The van der Waals surface area contributed by atoms with Gasteiger partial charge in [0.2, 0.25) is 0 Å². The number of nitrogens with two attached hydrogens (primary N) is 1. The molecule has 0 amide bonds. The van der Waals surface area contributed by atoms with Crippen molar-refractivity contribution in [2.75, 3.05) is 6.54 Å². The summed E-state index contributed by atoms with van der Waals surface area (Å²) in [5.41, 5.74) is 7.63. The van der Waals surface area contributed by atoms with Gasteiger partial charge in [-0.25, -0.2) is 0 Å². The van der Waals surface area contributed by atoms with E-state index in [-0.39, 0.29) is 0 Å². The summed E-state index contributed by atoms with van der Waals surface area (Å²) in [4.78, 5) is 0. The molecule has 21 heavy (non-hydrogen) atoms. The van der Waals surface area contributed by atoms with Gasteiger partial charge in [0.05, 0.1) is 16.4 Å². The van der Waals surface area contributed by atoms with Crippen molar-refractivity contribution in [3.05, 3.63) is 22.2 Å². The lowest BCUT2D eigenvalue weighted by molar-refractivity contribution is 0.621. The first-order valence-corrected chi connectivity index (χ1v) is 8.45. The summed E-state index contributed by atoms with van der Waals surface area (Å²) >= 11 is 8.04. The molecule has 8 heteroatoms. The Hall–Kier alpha value is -1.05. The number of rotatable bonds is 7. The average molecular weight is 329 g/mol. The van der Waals surface area contributed by atoms with Crippen LogP contribution < -0.4 is 5.73 Å². The maximum absolute atomic E-state index is 6.42. The minimum atomic E-state index is 0.570. The summed E-state index contributed by atoms with van der Waals surface area (Å²) in [6.07, 6.45) is 0.839. The Balaban J connectivity index is 2.18. The van der Waals surface area contributed by atoms with E-state index < -0.39 is 0 Å². The standard InChI is InChI=1S/C13H21ClN6S/c1-4-10-12(14)11(20(5-2)18-10)8-21-13-17-16-9(3)19(13)7-6-15/h4-8,15H2,1-3H3. The summed E-state index contributed by atoms with van der Waals surface area (Å²) in [7, 11) is 0. The van der Waals surface area contributed by atoms with E-state index in [2.05, 4.69) is 29.1 Å². The fourth-order valence-electron chi connectivity index (χ4n) is 2.14. The number of hydrogen-bond acceptors (Lipinski definition) is 5. The average Bonchev–Trinajstić information content (AvgIpc) is 2.98. The van der Waals surface area contributed by atoms with Crippen LogP contribution in [0, 0.1) is 6.92 Å². The first-order chi connectivity index (χ1) is 10.1. The highest BCUT2D eigenvalue weighted by atomic mass is 35.5. The SMILES string of the molecule is CCc1nn(CC)c(CSc2nnc(C)n2CCN)c1Cl. The second-order valence-electron chi connectivity index (χ2n) is 4.64. The Morgan fingerprint density at radius 3 is 2.67 bits per heavy atom. The van der Waals surface area contributed by atoms with E-state index in [0.29, 0.717) is 6.54 Å². The van der Waals surface area contributed by atoms with Crippen LogP contribution in [0.4, 0.5) is 0 Å². The maximum Gasteiger partial charge on any atom is 0.191 e. The van der Waals surface area contributed by atoms with Crippen molar-refractivity contribution in [3.63, 3.8) is 0 Å². The molecule has 0 saturated carbocycles. The van der Waals surface area contributed by atoms with Crippen molar-refractivity contribution in [2.45, 2.75) is 51.2 Å². The zero-order valence-electron chi connectivity index (χ0n) is 12.6. The third-order valence-electron chi connectivity index (χ3n) is 3.29. The van der Waals surface area contributed by atoms with E-state index in [1.54, 1.807) is 11.8 Å². The van der Waals surface area contributed by atoms with Crippen LogP contribution in [0.15, 0.2) is 5.16 Å². The third-order valence-corrected chi connectivity index (χ3v) is 4.70. The molecule has 116 valence electrons. The molecule has 2 N–H and O–H groups in total. The number of aryl methyl sites for hydroxylation is 3. The van der Waals surface area contributed by atoms with Gasteiger partial charge in [-0.1, -0.05) is 30.3 Å². The van der Waals surface area contributed by atoms with Crippen molar-refractivity contribution in [2.24, 2.45) is 5.73 Å². The number of aromatic nitrogens is 5. The smallest absolute Gasteiger partial charge is 0.191 e. The fraction of sp³-hybridized carbons (Fsp3) is 0.615. The Morgan fingerprint density at radius 1 is 1.29 bits per heavy atom. The fourth-order valence-corrected chi connectivity index (χ4v) is 3.59. The summed E-state index contributed by atoms with van der Waals surface area (Å²) in [5, 5.41) is 14.5. The van der Waals surface area contributed by atoms with E-state index in [0.717, 1.165) is 52.7 Å².